The summed E-state index contributed by atoms with van der Waals surface area (Å²) in [5, 5.41) is 12.5. The number of benzene rings is 2. The normalized spacial score (nSPS) is 16.5. The zero-order valence-corrected chi connectivity index (χ0v) is 17.4. The second-order valence-corrected chi connectivity index (χ2v) is 7.44. The third-order valence-corrected chi connectivity index (χ3v) is 5.71. The first-order valence-electron chi connectivity index (χ1n) is 10.3. The number of nitrogens with zero attached hydrogens (tertiary/aromatic N) is 6. The lowest BCUT2D eigenvalue weighted by molar-refractivity contribution is 0.107. The Labute approximate surface area is 176 Å². The molecular formula is C22H27FN6O. The fourth-order valence-electron chi connectivity index (χ4n) is 3.96. The average Bonchev–Trinajstić information content (AvgIpc) is 3.24. The van der Waals surface area contributed by atoms with Crippen LogP contribution >= 0.6 is 0 Å². The van der Waals surface area contributed by atoms with Crippen LogP contribution in [0.2, 0.25) is 0 Å². The zero-order valence-electron chi connectivity index (χ0n) is 17.4. The minimum atomic E-state index is -0.335. The Morgan fingerprint density at radius 2 is 1.77 bits per heavy atom. The topological polar surface area (TPSA) is 59.3 Å². The highest BCUT2D eigenvalue weighted by Crippen LogP contribution is 2.30. The fraction of sp³-hybridized carbons (Fsp3) is 0.409. The van der Waals surface area contributed by atoms with Crippen LogP contribution in [0.1, 0.15) is 29.9 Å². The quantitative estimate of drug-likeness (QED) is 0.597. The minimum Gasteiger partial charge on any atom is -0.497 e. The molecule has 0 N–H and O–H groups in total. The molecule has 1 aromatic heterocycles. The SMILES string of the molecule is CCN1CCN(C(c2ccccc2F)c2nnnn2Cc2ccc(OC)cc2)CC1. The van der Waals surface area contributed by atoms with Crippen LogP contribution in [0.25, 0.3) is 0 Å². The predicted molar refractivity (Wildman–Crippen MR) is 112 cm³/mol. The van der Waals surface area contributed by atoms with Gasteiger partial charge in [-0.15, -0.1) is 5.10 Å². The lowest BCUT2D eigenvalue weighted by Gasteiger charge is -2.38. The standard InChI is InChI=1S/C22H27FN6O/c1-3-27-12-14-28(15-13-27)21(19-6-4-5-7-20(19)23)22-24-25-26-29(22)16-17-8-10-18(30-2)11-9-17/h4-11,21H,3,12-16H2,1-2H3. The predicted octanol–water partition coefficient (Wildman–Crippen LogP) is 2.60. The van der Waals surface area contributed by atoms with E-state index < -0.39 is 0 Å². The molecule has 1 fully saturated rings. The molecule has 3 aromatic rings. The molecule has 1 aliphatic rings. The highest BCUT2D eigenvalue weighted by atomic mass is 19.1. The van der Waals surface area contributed by atoms with E-state index in [9.17, 15) is 4.39 Å². The van der Waals surface area contributed by atoms with Gasteiger partial charge < -0.3 is 9.64 Å². The molecule has 2 aromatic carbocycles. The van der Waals surface area contributed by atoms with Crippen molar-refractivity contribution in [2.45, 2.75) is 19.5 Å². The lowest BCUT2D eigenvalue weighted by Crippen LogP contribution is -2.48. The lowest BCUT2D eigenvalue weighted by atomic mass is 10.0. The summed E-state index contributed by atoms with van der Waals surface area (Å²) in [4.78, 5) is 4.68. The molecule has 30 heavy (non-hydrogen) atoms. The Balaban J connectivity index is 1.66. The summed E-state index contributed by atoms with van der Waals surface area (Å²) in [6, 6.07) is 14.4. The van der Waals surface area contributed by atoms with Gasteiger partial charge in [0.2, 0.25) is 0 Å². The van der Waals surface area contributed by atoms with Gasteiger partial charge in [-0.1, -0.05) is 37.3 Å². The van der Waals surface area contributed by atoms with Crippen molar-refractivity contribution in [1.82, 2.24) is 30.0 Å². The molecule has 0 bridgehead atoms. The van der Waals surface area contributed by atoms with Crippen molar-refractivity contribution in [1.29, 1.82) is 0 Å². The monoisotopic (exact) mass is 410 g/mol. The Hall–Kier alpha value is -2.84. The first-order chi connectivity index (χ1) is 14.7. The Kier molecular flexibility index (Phi) is 6.35. The van der Waals surface area contributed by atoms with Crippen LogP contribution in [0.4, 0.5) is 4.39 Å². The van der Waals surface area contributed by atoms with Crippen LogP contribution in [-0.4, -0.2) is 69.8 Å². The van der Waals surface area contributed by atoms with Gasteiger partial charge in [-0.25, -0.2) is 9.07 Å². The van der Waals surface area contributed by atoms with Gasteiger partial charge in [0.1, 0.15) is 17.6 Å². The Morgan fingerprint density at radius 3 is 2.43 bits per heavy atom. The van der Waals surface area contributed by atoms with Gasteiger partial charge >= 0.3 is 0 Å². The summed E-state index contributed by atoms with van der Waals surface area (Å²) >= 11 is 0. The highest BCUT2D eigenvalue weighted by Gasteiger charge is 2.32. The number of hydrogen-bond donors (Lipinski definition) is 0. The van der Waals surface area contributed by atoms with Crippen molar-refractivity contribution in [3.8, 4) is 5.75 Å². The zero-order chi connectivity index (χ0) is 20.9. The van der Waals surface area contributed by atoms with E-state index in [0.717, 1.165) is 44.0 Å². The summed E-state index contributed by atoms with van der Waals surface area (Å²) in [5.41, 5.74) is 1.65. The van der Waals surface area contributed by atoms with Crippen molar-refractivity contribution >= 4 is 0 Å². The summed E-state index contributed by atoms with van der Waals surface area (Å²) in [5.74, 6) is 1.22. The first-order valence-corrected chi connectivity index (χ1v) is 10.3. The number of halogens is 1. The number of hydrogen-bond acceptors (Lipinski definition) is 6. The van der Waals surface area contributed by atoms with Crippen LogP contribution in [0.15, 0.2) is 48.5 Å². The van der Waals surface area contributed by atoms with Crippen molar-refractivity contribution in [2.24, 2.45) is 0 Å². The first kappa shape index (κ1) is 20.4. The van der Waals surface area contributed by atoms with Gasteiger partial charge in [-0.3, -0.25) is 4.90 Å². The Bertz CT molecular complexity index is 952. The Morgan fingerprint density at radius 1 is 1.03 bits per heavy atom. The van der Waals surface area contributed by atoms with E-state index in [0.29, 0.717) is 17.9 Å². The summed E-state index contributed by atoms with van der Waals surface area (Å²) < 4.78 is 21.8. The third-order valence-electron chi connectivity index (χ3n) is 5.71. The molecule has 1 saturated heterocycles. The fourth-order valence-corrected chi connectivity index (χ4v) is 3.96. The molecule has 7 nitrogen and oxygen atoms in total. The number of tetrazole rings is 1. The third kappa shape index (κ3) is 4.34. The van der Waals surface area contributed by atoms with E-state index in [2.05, 4.69) is 32.2 Å². The highest BCUT2D eigenvalue weighted by molar-refractivity contribution is 5.29. The second kappa shape index (κ2) is 9.32. The van der Waals surface area contributed by atoms with Crippen LogP contribution < -0.4 is 4.74 Å². The second-order valence-electron chi connectivity index (χ2n) is 7.44. The van der Waals surface area contributed by atoms with Crippen molar-refractivity contribution in [3.05, 3.63) is 71.3 Å². The largest absolute Gasteiger partial charge is 0.497 e. The van der Waals surface area contributed by atoms with Gasteiger partial charge in [0, 0.05) is 31.7 Å². The number of aromatic nitrogens is 4. The van der Waals surface area contributed by atoms with E-state index in [-0.39, 0.29) is 11.9 Å². The number of likely N-dealkylation sites (N-methyl/N-ethyl adjacent to an activating group) is 1. The molecule has 4 rings (SSSR count). The number of rotatable bonds is 7. The maximum absolute atomic E-state index is 14.8. The summed E-state index contributed by atoms with van der Waals surface area (Å²) in [7, 11) is 1.64. The smallest absolute Gasteiger partial charge is 0.173 e. The summed E-state index contributed by atoms with van der Waals surface area (Å²) in [6.07, 6.45) is 0. The van der Waals surface area contributed by atoms with Crippen LogP contribution in [0.3, 0.4) is 0 Å². The van der Waals surface area contributed by atoms with Crippen molar-refractivity contribution in [2.75, 3.05) is 39.8 Å². The molecule has 0 radical (unpaired) electrons. The van der Waals surface area contributed by atoms with Gasteiger partial charge in [0.15, 0.2) is 5.82 Å². The van der Waals surface area contributed by atoms with E-state index >= 15 is 0 Å². The average molecular weight is 410 g/mol. The molecule has 0 saturated carbocycles. The van der Waals surface area contributed by atoms with Gasteiger partial charge in [-0.2, -0.15) is 0 Å². The van der Waals surface area contributed by atoms with Crippen molar-refractivity contribution in [3.63, 3.8) is 0 Å². The van der Waals surface area contributed by atoms with E-state index in [1.54, 1.807) is 17.9 Å². The minimum absolute atomic E-state index is 0.237. The van der Waals surface area contributed by atoms with E-state index in [1.165, 1.54) is 6.07 Å². The number of methoxy groups -OCH3 is 1. The van der Waals surface area contributed by atoms with Crippen molar-refractivity contribution < 1.29 is 9.13 Å². The van der Waals surface area contributed by atoms with Gasteiger partial charge in [-0.05, 0) is 40.7 Å². The maximum atomic E-state index is 14.8. The molecule has 0 aliphatic carbocycles. The number of ether oxygens (including phenoxy) is 1. The molecule has 158 valence electrons. The molecular weight excluding hydrogens is 383 g/mol. The number of piperazine rings is 1. The maximum Gasteiger partial charge on any atom is 0.173 e. The molecule has 0 spiro atoms. The van der Waals surface area contributed by atoms with Crippen LogP contribution in [0, 0.1) is 5.82 Å². The molecule has 1 atom stereocenters. The van der Waals surface area contributed by atoms with Gasteiger partial charge in [0.05, 0.1) is 13.7 Å². The molecule has 2 heterocycles. The molecule has 1 unspecified atom stereocenters. The summed E-state index contributed by atoms with van der Waals surface area (Å²) in [6.45, 7) is 7.26. The molecule has 0 amide bonds. The van der Waals surface area contributed by atoms with Crippen LogP contribution in [-0.2, 0) is 6.54 Å². The molecule has 1 aliphatic heterocycles. The molecule has 8 heteroatoms. The van der Waals surface area contributed by atoms with Crippen LogP contribution in [0.5, 0.6) is 5.75 Å². The van der Waals surface area contributed by atoms with E-state index in [1.807, 2.05) is 36.4 Å². The van der Waals surface area contributed by atoms with E-state index in [4.69, 9.17) is 4.74 Å². The van der Waals surface area contributed by atoms with Gasteiger partial charge in [0.25, 0.3) is 0 Å².